The maximum atomic E-state index is 13.4. The molecule has 424 valence electrons. The van der Waals surface area contributed by atoms with Gasteiger partial charge in [-0.25, -0.2) is 19.8 Å². The zero-order valence-electron chi connectivity index (χ0n) is 43.9. The number of aliphatic imine (C=N–C) groups is 2. The van der Waals surface area contributed by atoms with Gasteiger partial charge in [0.2, 0.25) is 11.6 Å². The van der Waals surface area contributed by atoms with E-state index in [1.165, 1.54) is 11.3 Å². The maximum Gasteiger partial charge on any atom is 0.433 e. The lowest BCUT2D eigenvalue weighted by Gasteiger charge is -2.21. The van der Waals surface area contributed by atoms with Crippen molar-refractivity contribution in [2.75, 3.05) is 178 Å². The molecule has 3 aliphatic rings. The van der Waals surface area contributed by atoms with Gasteiger partial charge in [0.1, 0.15) is 30.2 Å². The van der Waals surface area contributed by atoms with Gasteiger partial charge >= 0.3 is 6.09 Å². The minimum atomic E-state index is -0.736. The molecule has 1 aromatic rings. The Morgan fingerprint density at radius 3 is 1.75 bits per heavy atom. The first-order valence-electron chi connectivity index (χ1n) is 25.7. The van der Waals surface area contributed by atoms with Crippen LogP contribution in [0, 0.1) is 5.92 Å². The monoisotopic (exact) mass is 1080 g/mol. The van der Waals surface area contributed by atoms with E-state index in [1.807, 2.05) is 13.8 Å². The lowest BCUT2D eigenvalue weighted by atomic mass is 10.1. The zero-order valence-corrected chi connectivity index (χ0v) is 43.9. The largest absolute Gasteiger partial charge is 0.445 e. The number of ether oxygens (including phenoxy) is 11. The number of aromatic amines is 1. The van der Waals surface area contributed by atoms with Crippen LogP contribution >= 0.6 is 0 Å². The van der Waals surface area contributed by atoms with Gasteiger partial charge in [-0.05, 0) is 25.8 Å². The second-order valence-electron chi connectivity index (χ2n) is 16.7. The van der Waals surface area contributed by atoms with Crippen LogP contribution in [-0.2, 0) is 76.1 Å². The van der Waals surface area contributed by atoms with E-state index in [0.29, 0.717) is 174 Å². The summed E-state index contributed by atoms with van der Waals surface area (Å²) in [6.45, 7) is 13.2. The fourth-order valence-electron chi connectivity index (χ4n) is 7.12. The fraction of sp³-hybridized carbons (Fsp3) is 0.660. The third-order valence-electron chi connectivity index (χ3n) is 10.8. The molecule has 3 aliphatic heterocycles. The van der Waals surface area contributed by atoms with E-state index in [9.17, 15) is 28.8 Å². The number of imide groups is 1. The summed E-state index contributed by atoms with van der Waals surface area (Å²) >= 11 is 0. The molecule has 6 amide bonds. The Morgan fingerprint density at radius 2 is 1.25 bits per heavy atom. The number of hydroxylamine groups is 2. The number of H-pyrrole nitrogens is 1. The molecule has 0 aromatic carbocycles. The van der Waals surface area contributed by atoms with Crippen molar-refractivity contribution >= 4 is 59.4 Å². The van der Waals surface area contributed by atoms with Crippen LogP contribution in [0.25, 0.3) is 6.08 Å². The van der Waals surface area contributed by atoms with Crippen LogP contribution in [0.4, 0.5) is 10.5 Å². The molecule has 76 heavy (non-hydrogen) atoms. The summed E-state index contributed by atoms with van der Waals surface area (Å²) in [6.07, 6.45) is 7.81. The molecule has 26 heteroatoms. The van der Waals surface area contributed by atoms with Crippen LogP contribution in [0.5, 0.6) is 0 Å². The van der Waals surface area contributed by atoms with Gasteiger partial charge in [-0.3, -0.25) is 33.7 Å². The van der Waals surface area contributed by atoms with Crippen LogP contribution in [-0.4, -0.2) is 241 Å². The number of carbonyl (C=O) groups excluding carboxylic acids is 6. The van der Waals surface area contributed by atoms with Crippen molar-refractivity contribution in [2.45, 2.75) is 33.1 Å². The Morgan fingerprint density at radius 1 is 0.750 bits per heavy atom. The molecule has 0 aliphatic carbocycles. The topological polar surface area (TPSA) is 300 Å². The number of likely N-dealkylation sites (tertiary alicyclic amines) is 1. The first kappa shape index (κ1) is 62.9. The first-order chi connectivity index (χ1) is 37.1. The van der Waals surface area contributed by atoms with Gasteiger partial charge in [0.15, 0.2) is 6.20 Å². The number of nitrogens with two attached hydrogens (primary N) is 1. The number of hydrogen-bond donors (Lipinski definition) is 2. The third kappa shape index (κ3) is 25.9. The third-order valence-corrected chi connectivity index (χ3v) is 10.8. The van der Waals surface area contributed by atoms with Crippen molar-refractivity contribution in [1.82, 2.24) is 20.2 Å². The lowest BCUT2D eigenvalue weighted by Crippen LogP contribution is -2.41. The Kier molecular flexibility index (Phi) is 32.1. The molecule has 0 saturated carbocycles. The van der Waals surface area contributed by atoms with E-state index in [2.05, 4.69) is 20.3 Å². The van der Waals surface area contributed by atoms with E-state index < -0.39 is 23.8 Å². The van der Waals surface area contributed by atoms with Crippen LogP contribution in [0.2, 0.25) is 0 Å². The quantitative estimate of drug-likeness (QED) is 0.0386. The summed E-state index contributed by atoms with van der Waals surface area (Å²) in [5, 5.41) is 3.92. The number of fused-ring (bicyclic) bond motifs is 1. The highest BCUT2D eigenvalue weighted by atomic mass is 16.7. The van der Waals surface area contributed by atoms with Crippen molar-refractivity contribution < 1.29 is 90.7 Å². The number of carbonyl (C=O) groups is 6. The number of rotatable bonds is 42. The predicted octanol–water partition coefficient (Wildman–Crippen LogP) is 0.343. The fourth-order valence-corrected chi connectivity index (χ4v) is 7.12. The Hall–Kier alpha value is -5.65. The molecule has 0 spiro atoms. The molecule has 4 heterocycles. The second kappa shape index (κ2) is 38.8. The number of nitrogens with one attached hydrogen (secondary N) is 2. The molecule has 26 nitrogen and oxygen atoms in total. The summed E-state index contributed by atoms with van der Waals surface area (Å²) in [7, 11) is 0. The SMILES string of the molecule is CCCN(OCC)C(=O)C1=Cc2[nH+]cc(C(=O)N3CCC(/C=N/C(=O)OCCOCCOCCOCCOCCOCCOCCOCCOCCOCCOCCNC(=O)CN4C(=O)C=CC4=O)C3)cc2N=C(N)C1. The number of pyridine rings is 1. The number of nitrogens with zero attached hydrogens (tertiary/aromatic N) is 5. The van der Waals surface area contributed by atoms with Crippen molar-refractivity contribution in [3.8, 4) is 0 Å². The minimum Gasteiger partial charge on any atom is -0.445 e. The van der Waals surface area contributed by atoms with Gasteiger partial charge in [-0.1, -0.05) is 6.92 Å². The second-order valence-corrected chi connectivity index (χ2v) is 16.7. The van der Waals surface area contributed by atoms with Gasteiger partial charge in [-0.2, -0.15) is 4.99 Å². The zero-order chi connectivity index (χ0) is 54.4. The summed E-state index contributed by atoms with van der Waals surface area (Å²) in [6, 6.07) is 1.65. The molecule has 1 unspecified atom stereocenters. The molecule has 1 aromatic heterocycles. The molecular formula is C50H77N8O18+. The highest BCUT2D eigenvalue weighted by Gasteiger charge is 2.30. The number of amides is 6. The molecule has 4 N–H and O–H groups in total. The molecule has 0 radical (unpaired) electrons. The summed E-state index contributed by atoms with van der Waals surface area (Å²) in [4.78, 5) is 93.1. The van der Waals surface area contributed by atoms with Gasteiger partial charge < -0.3 is 68.1 Å². The average Bonchev–Trinajstić information content (AvgIpc) is 3.97. The Bertz CT molecular complexity index is 2030. The predicted molar refractivity (Wildman–Crippen MR) is 271 cm³/mol. The van der Waals surface area contributed by atoms with Gasteiger partial charge in [-0.15, -0.1) is 0 Å². The lowest BCUT2D eigenvalue weighted by molar-refractivity contribution is -0.380. The van der Waals surface area contributed by atoms with E-state index in [1.54, 1.807) is 23.2 Å². The standard InChI is InChI=1S/C50H76N8O18/c1-3-9-58(76-4-2)49(63)40-32-42-43(55-44(51)34-40)33-41(36-53-42)48(62)56-10-7-39(37-56)35-54-50(64)75-31-30-74-29-28-73-27-26-72-25-24-71-23-22-70-21-20-69-19-18-68-17-16-67-15-14-66-13-12-65-11-8-52-45(59)38-57-46(60)5-6-47(57)61/h5-6,32-33,35-36,39H,3-4,7-31,34,37-38H2,1-2H3,(H2,51,55)(H,52,59)/p+1/b54-35+. The van der Waals surface area contributed by atoms with E-state index in [0.717, 1.165) is 23.5 Å². The average molecular weight is 1080 g/mol. The van der Waals surface area contributed by atoms with Crippen LogP contribution in [0.15, 0.2) is 40.0 Å². The van der Waals surface area contributed by atoms with Crippen molar-refractivity contribution in [3.05, 3.63) is 41.2 Å². The van der Waals surface area contributed by atoms with E-state index in [4.69, 9.17) is 62.7 Å². The molecule has 1 fully saturated rings. The van der Waals surface area contributed by atoms with Crippen LogP contribution in [0.3, 0.4) is 0 Å². The Balaban J connectivity index is 0.846. The smallest absolute Gasteiger partial charge is 0.433 e. The van der Waals surface area contributed by atoms with E-state index >= 15 is 0 Å². The number of hydrogen-bond acceptors (Lipinski definition) is 20. The van der Waals surface area contributed by atoms with E-state index in [-0.39, 0.29) is 62.9 Å². The summed E-state index contributed by atoms with van der Waals surface area (Å²) in [5.74, 6) is -1.82. The molecule has 0 bridgehead atoms. The van der Waals surface area contributed by atoms with Gasteiger partial charge in [0, 0.05) is 68.5 Å². The van der Waals surface area contributed by atoms with Crippen molar-refractivity contribution in [1.29, 1.82) is 0 Å². The maximum absolute atomic E-state index is 13.4. The normalized spacial score (nSPS) is 15.3. The van der Waals surface area contributed by atoms with Gasteiger partial charge in [0.25, 0.3) is 23.6 Å². The van der Waals surface area contributed by atoms with Crippen molar-refractivity contribution in [3.63, 3.8) is 0 Å². The first-order valence-corrected chi connectivity index (χ1v) is 25.7. The summed E-state index contributed by atoms with van der Waals surface area (Å²) in [5.41, 5.74) is 7.99. The molecule has 4 rings (SSSR count). The molecule has 1 atom stereocenters. The summed E-state index contributed by atoms with van der Waals surface area (Å²) < 4.78 is 59.8. The highest BCUT2D eigenvalue weighted by molar-refractivity contribution is 6.14. The van der Waals surface area contributed by atoms with Crippen LogP contribution < -0.4 is 16.0 Å². The molecule has 1 saturated heterocycles. The Labute approximate surface area is 443 Å². The number of amidine groups is 1. The van der Waals surface area contributed by atoms with Crippen LogP contribution in [0.1, 0.15) is 49.2 Å². The van der Waals surface area contributed by atoms with Crippen molar-refractivity contribution in [2.24, 2.45) is 21.6 Å². The van der Waals surface area contributed by atoms with Gasteiger partial charge in [0.05, 0.1) is 139 Å². The minimum absolute atomic E-state index is 0.0316. The number of aromatic nitrogens is 1. The highest BCUT2D eigenvalue weighted by Crippen LogP contribution is 2.26. The molecular weight excluding hydrogens is 1000 g/mol.